The maximum atomic E-state index is 11.4. The molecule has 0 saturated carbocycles. The Labute approximate surface area is 114 Å². The summed E-state index contributed by atoms with van der Waals surface area (Å²) >= 11 is 1.77. The van der Waals surface area contributed by atoms with Gasteiger partial charge in [-0.3, -0.25) is 4.79 Å². The third-order valence-electron chi connectivity index (χ3n) is 2.67. The lowest BCUT2D eigenvalue weighted by atomic mass is 10.1. The Kier molecular flexibility index (Phi) is 6.83. The summed E-state index contributed by atoms with van der Waals surface area (Å²) in [5.41, 5.74) is 6.04. The smallest absolute Gasteiger partial charge is 0.222 e. The molecule has 0 saturated heterocycles. The molecule has 0 aliphatic heterocycles. The minimum atomic E-state index is 0.158. The Bertz CT molecular complexity index is 354. The molecule has 18 heavy (non-hydrogen) atoms. The second-order valence-corrected chi connectivity index (χ2v) is 5.66. The summed E-state index contributed by atoms with van der Waals surface area (Å²) in [5.74, 6) is 1.08. The molecule has 0 aliphatic rings. The third-order valence-corrected chi connectivity index (χ3v) is 3.87. The van der Waals surface area contributed by atoms with Gasteiger partial charge in [0.1, 0.15) is 0 Å². The molecule has 0 fully saturated rings. The standard InChI is InChI=1S/C14H22N2OS/c1-16(2)14(17)10-6-7-12(15)11-18-13-8-4-3-5-9-13/h3-5,8-9,12H,6-7,10-11,15H2,1-2H3/t12-/m1/s1. The molecule has 0 aliphatic carbocycles. The van der Waals surface area contributed by atoms with Gasteiger partial charge in [0.05, 0.1) is 0 Å². The Hall–Kier alpha value is -1.00. The number of carbonyl (C=O) groups is 1. The lowest BCUT2D eigenvalue weighted by Crippen LogP contribution is -2.25. The van der Waals surface area contributed by atoms with E-state index in [4.69, 9.17) is 5.73 Å². The summed E-state index contributed by atoms with van der Waals surface area (Å²) in [6.45, 7) is 0. The van der Waals surface area contributed by atoms with Gasteiger partial charge in [-0.25, -0.2) is 0 Å². The van der Waals surface area contributed by atoms with Crippen molar-refractivity contribution in [3.05, 3.63) is 30.3 Å². The molecule has 1 amide bonds. The molecule has 1 aromatic rings. The quantitative estimate of drug-likeness (QED) is 0.771. The van der Waals surface area contributed by atoms with Crippen molar-refractivity contribution in [2.75, 3.05) is 19.8 Å². The first-order valence-electron chi connectivity index (χ1n) is 6.23. The van der Waals surface area contributed by atoms with E-state index >= 15 is 0 Å². The van der Waals surface area contributed by atoms with Crippen molar-refractivity contribution in [2.45, 2.75) is 30.2 Å². The van der Waals surface area contributed by atoms with Crippen LogP contribution in [0.4, 0.5) is 0 Å². The number of hydrogen-bond acceptors (Lipinski definition) is 3. The van der Waals surface area contributed by atoms with Gasteiger partial charge in [-0.1, -0.05) is 18.2 Å². The van der Waals surface area contributed by atoms with Crippen molar-refractivity contribution in [1.82, 2.24) is 4.90 Å². The van der Waals surface area contributed by atoms with Crippen LogP contribution < -0.4 is 5.73 Å². The molecule has 0 radical (unpaired) electrons. The minimum absolute atomic E-state index is 0.158. The van der Waals surface area contributed by atoms with Crippen molar-refractivity contribution in [1.29, 1.82) is 0 Å². The fourth-order valence-corrected chi connectivity index (χ4v) is 2.47. The van der Waals surface area contributed by atoms with Gasteiger partial charge in [0.25, 0.3) is 0 Å². The number of nitrogens with zero attached hydrogens (tertiary/aromatic N) is 1. The zero-order valence-corrected chi connectivity index (χ0v) is 12.0. The second-order valence-electron chi connectivity index (χ2n) is 4.56. The predicted molar refractivity (Wildman–Crippen MR) is 77.7 cm³/mol. The van der Waals surface area contributed by atoms with Crippen molar-refractivity contribution < 1.29 is 4.79 Å². The Morgan fingerprint density at radius 2 is 2.00 bits per heavy atom. The second kappa shape index (κ2) is 8.16. The molecule has 3 nitrogen and oxygen atoms in total. The highest BCUT2D eigenvalue weighted by atomic mass is 32.2. The van der Waals surface area contributed by atoms with Crippen LogP contribution in [0.3, 0.4) is 0 Å². The van der Waals surface area contributed by atoms with Gasteiger partial charge in [0.15, 0.2) is 0 Å². The molecule has 0 heterocycles. The molecule has 100 valence electrons. The topological polar surface area (TPSA) is 46.3 Å². The van der Waals surface area contributed by atoms with Crippen LogP contribution in [0.5, 0.6) is 0 Å². The van der Waals surface area contributed by atoms with E-state index < -0.39 is 0 Å². The van der Waals surface area contributed by atoms with E-state index in [1.54, 1.807) is 30.8 Å². The van der Waals surface area contributed by atoms with E-state index in [2.05, 4.69) is 12.1 Å². The van der Waals surface area contributed by atoms with Crippen molar-refractivity contribution >= 4 is 17.7 Å². The van der Waals surface area contributed by atoms with Crippen LogP contribution in [0.1, 0.15) is 19.3 Å². The van der Waals surface area contributed by atoms with Crippen LogP contribution in [0.15, 0.2) is 35.2 Å². The first kappa shape index (κ1) is 15.1. The molecule has 0 aromatic heterocycles. The zero-order chi connectivity index (χ0) is 13.4. The molecule has 0 spiro atoms. The molecule has 1 rings (SSSR count). The average molecular weight is 266 g/mol. The van der Waals surface area contributed by atoms with E-state index in [1.165, 1.54) is 4.90 Å². The van der Waals surface area contributed by atoms with Gasteiger partial charge in [-0.15, -0.1) is 11.8 Å². The first-order valence-corrected chi connectivity index (χ1v) is 7.21. The minimum Gasteiger partial charge on any atom is -0.349 e. The highest BCUT2D eigenvalue weighted by Crippen LogP contribution is 2.18. The number of benzene rings is 1. The van der Waals surface area contributed by atoms with Gasteiger partial charge in [-0.2, -0.15) is 0 Å². The molecule has 0 unspecified atom stereocenters. The molecular formula is C14H22N2OS. The summed E-state index contributed by atoms with van der Waals surface area (Å²) in [6.07, 6.45) is 2.36. The fourth-order valence-electron chi connectivity index (χ4n) is 1.54. The summed E-state index contributed by atoms with van der Waals surface area (Å²) in [7, 11) is 3.57. The Balaban J connectivity index is 2.14. The van der Waals surface area contributed by atoms with Gasteiger partial charge in [-0.05, 0) is 25.0 Å². The molecular weight excluding hydrogens is 244 g/mol. The van der Waals surface area contributed by atoms with Gasteiger partial charge < -0.3 is 10.6 Å². The van der Waals surface area contributed by atoms with Crippen molar-refractivity contribution in [3.8, 4) is 0 Å². The largest absolute Gasteiger partial charge is 0.349 e. The zero-order valence-electron chi connectivity index (χ0n) is 11.1. The average Bonchev–Trinajstić information content (AvgIpc) is 2.37. The van der Waals surface area contributed by atoms with E-state index in [1.807, 2.05) is 18.2 Å². The highest BCUT2D eigenvalue weighted by Gasteiger charge is 2.07. The van der Waals surface area contributed by atoms with Crippen LogP contribution in [0.25, 0.3) is 0 Å². The normalized spacial score (nSPS) is 12.2. The monoisotopic (exact) mass is 266 g/mol. The van der Waals surface area contributed by atoms with Crippen molar-refractivity contribution in [3.63, 3.8) is 0 Å². The number of rotatable bonds is 7. The van der Waals surface area contributed by atoms with Crippen LogP contribution in [0.2, 0.25) is 0 Å². The maximum absolute atomic E-state index is 11.4. The Morgan fingerprint density at radius 3 is 2.61 bits per heavy atom. The van der Waals surface area contributed by atoms with E-state index in [-0.39, 0.29) is 11.9 Å². The van der Waals surface area contributed by atoms with E-state index in [0.29, 0.717) is 6.42 Å². The van der Waals surface area contributed by atoms with Gasteiger partial charge >= 0.3 is 0 Å². The molecule has 4 heteroatoms. The molecule has 0 bridgehead atoms. The third kappa shape index (κ3) is 6.07. The van der Waals surface area contributed by atoms with Crippen LogP contribution in [0, 0.1) is 0 Å². The number of nitrogens with two attached hydrogens (primary N) is 1. The van der Waals surface area contributed by atoms with Gasteiger partial charge in [0, 0.05) is 37.2 Å². The fraction of sp³-hybridized carbons (Fsp3) is 0.500. The van der Waals surface area contributed by atoms with Crippen LogP contribution in [-0.4, -0.2) is 36.7 Å². The summed E-state index contributed by atoms with van der Waals surface area (Å²) in [5, 5.41) is 0. The highest BCUT2D eigenvalue weighted by molar-refractivity contribution is 7.99. The number of hydrogen-bond donors (Lipinski definition) is 1. The number of thioether (sulfide) groups is 1. The summed E-state index contributed by atoms with van der Waals surface area (Å²) < 4.78 is 0. The van der Waals surface area contributed by atoms with E-state index in [9.17, 15) is 4.79 Å². The van der Waals surface area contributed by atoms with E-state index in [0.717, 1.165) is 18.6 Å². The lowest BCUT2D eigenvalue weighted by Gasteiger charge is -2.13. The summed E-state index contributed by atoms with van der Waals surface area (Å²) in [6, 6.07) is 10.4. The molecule has 2 N–H and O–H groups in total. The Morgan fingerprint density at radius 1 is 1.33 bits per heavy atom. The lowest BCUT2D eigenvalue weighted by molar-refractivity contribution is -0.128. The first-order chi connectivity index (χ1) is 8.59. The van der Waals surface area contributed by atoms with Gasteiger partial charge in [0.2, 0.25) is 5.91 Å². The summed E-state index contributed by atoms with van der Waals surface area (Å²) in [4.78, 5) is 14.3. The van der Waals surface area contributed by atoms with Crippen LogP contribution >= 0.6 is 11.8 Å². The number of amides is 1. The molecule has 1 aromatic carbocycles. The number of carbonyl (C=O) groups excluding carboxylic acids is 1. The SMILES string of the molecule is CN(C)C(=O)CCC[C@@H](N)CSc1ccccc1. The predicted octanol–water partition coefficient (Wildman–Crippen LogP) is 2.36. The van der Waals surface area contributed by atoms with Crippen molar-refractivity contribution in [2.24, 2.45) is 5.73 Å². The molecule has 1 atom stereocenters. The van der Waals surface area contributed by atoms with Crippen LogP contribution in [-0.2, 0) is 4.79 Å². The maximum Gasteiger partial charge on any atom is 0.222 e.